The lowest BCUT2D eigenvalue weighted by Gasteiger charge is -2.10. The van der Waals surface area contributed by atoms with Crippen molar-refractivity contribution in [1.82, 2.24) is 9.78 Å². The monoisotopic (exact) mass is 408 g/mol. The van der Waals surface area contributed by atoms with E-state index in [-0.39, 0.29) is 17.7 Å². The van der Waals surface area contributed by atoms with Crippen molar-refractivity contribution >= 4 is 26.5 Å². The third-order valence-corrected chi connectivity index (χ3v) is 4.46. The Morgan fingerprint density at radius 1 is 1.15 bits per heavy atom. The number of aromatic carboxylic acids is 1. The number of carboxylic acid groups (broad SMARTS) is 1. The summed E-state index contributed by atoms with van der Waals surface area (Å²) < 4.78 is 66.8. The number of rotatable bonds is 7. The number of H-pyrrole nitrogens is 1. The van der Waals surface area contributed by atoms with Crippen LogP contribution in [0.2, 0.25) is 0 Å². The summed E-state index contributed by atoms with van der Waals surface area (Å²) in [5.74, 6) is -1.45. The molecule has 14 heteroatoms. The smallest absolute Gasteiger partial charge is 0.397 e. The standard InChI is InChI=1S/C12H12N2O10S2/c15-11-6-8(12(16)17)13-14(11)9-2-1-7(3-4-24-26(21,22)23)5-10(9)25(18,19)20/h1-2,5-6,13H,3-4H2,(H,16,17)(H,18,19,20)(H,21,22,23). The van der Waals surface area contributed by atoms with Crippen LogP contribution in [0.4, 0.5) is 0 Å². The molecule has 12 nitrogen and oxygen atoms in total. The quantitative estimate of drug-likeness (QED) is 0.433. The molecule has 1 aromatic heterocycles. The number of nitrogens with zero attached hydrogens (tertiary/aromatic N) is 1. The van der Waals surface area contributed by atoms with Crippen LogP contribution in [-0.2, 0) is 31.1 Å². The Bertz CT molecular complexity index is 1110. The van der Waals surface area contributed by atoms with E-state index >= 15 is 0 Å². The number of hydrogen-bond acceptors (Lipinski definition) is 7. The first-order chi connectivity index (χ1) is 11.9. The molecule has 0 amide bonds. The summed E-state index contributed by atoms with van der Waals surface area (Å²) in [7, 11) is -9.49. The van der Waals surface area contributed by atoms with E-state index in [9.17, 15) is 31.0 Å². The van der Waals surface area contributed by atoms with Gasteiger partial charge in [0.05, 0.1) is 12.3 Å². The number of hydrogen-bond donors (Lipinski definition) is 4. The normalized spacial score (nSPS) is 12.2. The van der Waals surface area contributed by atoms with Gasteiger partial charge >= 0.3 is 16.4 Å². The molecule has 2 rings (SSSR count). The summed E-state index contributed by atoms with van der Waals surface area (Å²) >= 11 is 0. The van der Waals surface area contributed by atoms with Crippen molar-refractivity contribution in [2.24, 2.45) is 0 Å². The Labute approximate surface area is 146 Å². The highest BCUT2D eigenvalue weighted by Crippen LogP contribution is 2.21. The lowest BCUT2D eigenvalue weighted by atomic mass is 10.1. The molecule has 4 N–H and O–H groups in total. The van der Waals surface area contributed by atoms with E-state index < -0.39 is 49.2 Å². The van der Waals surface area contributed by atoms with Crippen molar-refractivity contribution in [2.45, 2.75) is 11.3 Å². The number of carboxylic acids is 1. The third-order valence-electron chi connectivity index (χ3n) is 3.12. The summed E-state index contributed by atoms with van der Waals surface area (Å²) in [6, 6.07) is 4.08. The molecule has 0 fully saturated rings. The summed E-state index contributed by atoms with van der Waals surface area (Å²) in [5.41, 5.74) is -1.52. The molecule has 2 aromatic rings. The third kappa shape index (κ3) is 4.77. The maximum absolute atomic E-state index is 11.9. The fraction of sp³-hybridized carbons (Fsp3) is 0.167. The predicted molar refractivity (Wildman–Crippen MR) is 84.4 cm³/mol. The van der Waals surface area contributed by atoms with E-state index in [1.807, 2.05) is 0 Å². The fourth-order valence-corrected chi connectivity index (χ4v) is 3.07. The molecule has 0 aliphatic rings. The van der Waals surface area contributed by atoms with Crippen LogP contribution < -0.4 is 5.56 Å². The minimum atomic E-state index is -4.82. The van der Waals surface area contributed by atoms with E-state index in [0.717, 1.165) is 18.2 Å². The Morgan fingerprint density at radius 3 is 2.31 bits per heavy atom. The van der Waals surface area contributed by atoms with Gasteiger partial charge in [0.2, 0.25) is 0 Å². The average Bonchev–Trinajstić information content (AvgIpc) is 2.87. The molecule has 1 aromatic carbocycles. The van der Waals surface area contributed by atoms with E-state index in [1.54, 1.807) is 0 Å². The molecule has 0 unspecified atom stereocenters. The van der Waals surface area contributed by atoms with E-state index in [2.05, 4.69) is 9.28 Å². The lowest BCUT2D eigenvalue weighted by molar-refractivity contribution is 0.0690. The lowest BCUT2D eigenvalue weighted by Crippen LogP contribution is -2.17. The van der Waals surface area contributed by atoms with Crippen molar-refractivity contribution in [3.63, 3.8) is 0 Å². The Balaban J connectivity index is 2.48. The number of aromatic nitrogens is 2. The zero-order valence-electron chi connectivity index (χ0n) is 12.7. The Hall–Kier alpha value is -2.52. The first-order valence-electron chi connectivity index (χ1n) is 6.66. The van der Waals surface area contributed by atoms with Crippen molar-refractivity contribution in [3.8, 4) is 5.69 Å². The number of aromatic amines is 1. The second-order valence-corrected chi connectivity index (χ2v) is 7.41. The minimum absolute atomic E-state index is 0.150. The van der Waals surface area contributed by atoms with Gasteiger partial charge in [0.1, 0.15) is 10.6 Å². The fourth-order valence-electron chi connectivity index (χ4n) is 2.05. The van der Waals surface area contributed by atoms with Crippen LogP contribution in [0, 0.1) is 0 Å². The van der Waals surface area contributed by atoms with Crippen molar-refractivity contribution < 1.29 is 40.0 Å². The van der Waals surface area contributed by atoms with Gasteiger partial charge in [-0.1, -0.05) is 6.07 Å². The molecule has 0 radical (unpaired) electrons. The summed E-state index contributed by atoms with van der Waals surface area (Å²) in [5, 5.41) is 11.1. The van der Waals surface area contributed by atoms with Gasteiger partial charge in [0.25, 0.3) is 15.7 Å². The first-order valence-corrected chi connectivity index (χ1v) is 9.47. The molecule has 1 heterocycles. The zero-order valence-corrected chi connectivity index (χ0v) is 14.3. The molecule has 142 valence electrons. The maximum atomic E-state index is 11.9. The second-order valence-electron chi connectivity index (χ2n) is 4.93. The zero-order chi connectivity index (χ0) is 19.7. The summed E-state index contributed by atoms with van der Waals surface area (Å²) in [6.45, 7) is -0.505. The largest absolute Gasteiger partial charge is 0.477 e. The van der Waals surface area contributed by atoms with Gasteiger partial charge in [-0.3, -0.25) is 19.0 Å². The number of nitrogens with one attached hydrogen (secondary N) is 1. The average molecular weight is 408 g/mol. The van der Waals surface area contributed by atoms with Crippen molar-refractivity contribution in [2.75, 3.05) is 6.61 Å². The molecule has 0 bridgehead atoms. The molecular formula is C12H12N2O10S2. The van der Waals surface area contributed by atoms with Crippen LogP contribution in [0.3, 0.4) is 0 Å². The van der Waals surface area contributed by atoms with Crippen LogP contribution >= 0.6 is 0 Å². The van der Waals surface area contributed by atoms with Crippen LogP contribution in [0.5, 0.6) is 0 Å². The molecule has 26 heavy (non-hydrogen) atoms. The molecule has 0 saturated heterocycles. The number of benzene rings is 1. The molecule has 0 aliphatic heterocycles. The second kappa shape index (κ2) is 7.00. The highest BCUT2D eigenvalue weighted by atomic mass is 32.3. The van der Waals surface area contributed by atoms with Gasteiger partial charge in [-0.05, 0) is 24.1 Å². The van der Waals surface area contributed by atoms with E-state index in [4.69, 9.17) is 9.66 Å². The summed E-state index contributed by atoms with van der Waals surface area (Å²) in [4.78, 5) is 22.0. The molecule has 0 saturated carbocycles. The molecule has 0 spiro atoms. The topological polar surface area (TPSA) is 193 Å². The Kier molecular flexibility index (Phi) is 5.33. The SMILES string of the molecule is O=C(O)c1cc(=O)n(-c2ccc(CCOS(=O)(=O)O)cc2S(=O)(=O)O)[nH]1. The predicted octanol–water partition coefficient (Wildman–Crippen LogP) is -0.528. The minimum Gasteiger partial charge on any atom is -0.477 e. The molecule has 0 aliphatic carbocycles. The first kappa shape index (κ1) is 19.8. The van der Waals surface area contributed by atoms with Crippen LogP contribution in [0.15, 0.2) is 34.0 Å². The van der Waals surface area contributed by atoms with Gasteiger partial charge in [0, 0.05) is 6.07 Å². The summed E-state index contributed by atoms with van der Waals surface area (Å²) in [6.07, 6.45) is -0.150. The van der Waals surface area contributed by atoms with Crippen LogP contribution in [-0.4, -0.2) is 53.4 Å². The highest BCUT2D eigenvalue weighted by molar-refractivity contribution is 7.86. The molecular weight excluding hydrogens is 396 g/mol. The van der Waals surface area contributed by atoms with Crippen LogP contribution in [0.1, 0.15) is 16.1 Å². The van der Waals surface area contributed by atoms with Crippen LogP contribution in [0.25, 0.3) is 5.69 Å². The van der Waals surface area contributed by atoms with Crippen molar-refractivity contribution in [1.29, 1.82) is 0 Å². The van der Waals surface area contributed by atoms with E-state index in [0.29, 0.717) is 4.68 Å². The van der Waals surface area contributed by atoms with E-state index in [1.165, 1.54) is 6.07 Å². The maximum Gasteiger partial charge on any atom is 0.397 e. The van der Waals surface area contributed by atoms with Gasteiger partial charge < -0.3 is 5.11 Å². The van der Waals surface area contributed by atoms with Crippen molar-refractivity contribution in [3.05, 3.63) is 45.9 Å². The number of carbonyl (C=O) groups is 1. The van der Waals surface area contributed by atoms with Gasteiger partial charge in [0.15, 0.2) is 0 Å². The van der Waals surface area contributed by atoms with Gasteiger partial charge in [-0.2, -0.15) is 16.8 Å². The Morgan fingerprint density at radius 2 is 1.81 bits per heavy atom. The van der Waals surface area contributed by atoms with Gasteiger partial charge in [-0.25, -0.2) is 13.7 Å². The molecule has 0 atom stereocenters. The highest BCUT2D eigenvalue weighted by Gasteiger charge is 2.21. The van der Waals surface area contributed by atoms with Gasteiger partial charge in [-0.15, -0.1) is 0 Å².